The summed E-state index contributed by atoms with van der Waals surface area (Å²) in [5.41, 5.74) is 2.06. The Morgan fingerprint density at radius 3 is 2.50 bits per heavy atom. The molecule has 5 rings (SSSR count). The molecule has 0 amide bonds. The zero-order valence-corrected chi connectivity index (χ0v) is 6.72. The van der Waals surface area contributed by atoms with E-state index >= 15 is 0 Å². The van der Waals surface area contributed by atoms with Gasteiger partial charge in [0.2, 0.25) is 0 Å². The van der Waals surface area contributed by atoms with Gasteiger partial charge in [0, 0.05) is 0 Å². The number of hydrogen-bond donors (Lipinski definition) is 0. The molecule has 0 N–H and O–H groups in total. The number of hydrogen-bond acceptors (Lipinski definition) is 0. The summed E-state index contributed by atoms with van der Waals surface area (Å²) in [7, 11) is 0. The van der Waals surface area contributed by atoms with Crippen molar-refractivity contribution in [3.63, 3.8) is 0 Å². The van der Waals surface area contributed by atoms with Crippen molar-refractivity contribution in [2.24, 2.45) is 34.5 Å². The molecule has 10 heavy (non-hydrogen) atoms. The summed E-state index contributed by atoms with van der Waals surface area (Å²) in [6.07, 6.45) is 3.21. The van der Waals surface area contributed by atoms with Crippen LogP contribution in [0, 0.1) is 34.5 Å². The van der Waals surface area contributed by atoms with Gasteiger partial charge in [-0.05, 0) is 47.3 Å². The van der Waals surface area contributed by atoms with Crippen LogP contribution in [0.2, 0.25) is 0 Å². The lowest BCUT2D eigenvalue weighted by Gasteiger charge is -2.39. The number of rotatable bonds is 2. The monoisotopic (exact) mass is 134 g/mol. The Kier molecular flexibility index (Phi) is 0.408. The summed E-state index contributed by atoms with van der Waals surface area (Å²) in [5.74, 6) is 4.80. The van der Waals surface area contributed by atoms with Crippen LogP contribution in [-0.4, -0.2) is 0 Å². The van der Waals surface area contributed by atoms with Crippen LogP contribution < -0.4 is 0 Å². The van der Waals surface area contributed by atoms with Crippen molar-refractivity contribution in [2.75, 3.05) is 0 Å². The Labute approximate surface area is 62.0 Å². The minimum atomic E-state index is 0.964. The molecule has 0 aromatic heterocycles. The molecule has 0 radical (unpaired) electrons. The van der Waals surface area contributed by atoms with Gasteiger partial charge in [-0.15, -0.1) is 0 Å². The quantitative estimate of drug-likeness (QED) is 0.543. The normalized spacial score (nSPS) is 77.7. The van der Waals surface area contributed by atoms with Crippen LogP contribution in [0.3, 0.4) is 0 Å². The van der Waals surface area contributed by atoms with Crippen LogP contribution in [0.25, 0.3) is 0 Å². The molecule has 0 aliphatic heterocycles. The first-order valence-corrected chi connectivity index (χ1v) is 4.74. The molecule has 1 spiro atoms. The van der Waals surface area contributed by atoms with Gasteiger partial charge in [0.25, 0.3) is 0 Å². The van der Waals surface area contributed by atoms with E-state index in [-0.39, 0.29) is 0 Å². The van der Waals surface area contributed by atoms with E-state index < -0.39 is 0 Å². The average molecular weight is 134 g/mol. The first-order valence-electron chi connectivity index (χ1n) is 4.74. The van der Waals surface area contributed by atoms with E-state index in [1.54, 1.807) is 12.8 Å². The summed E-state index contributed by atoms with van der Waals surface area (Å²) in [6.45, 7) is 4.77. The van der Waals surface area contributed by atoms with Gasteiger partial charge in [-0.1, -0.05) is 13.8 Å². The average Bonchev–Trinajstić information content (AvgIpc) is 2.71. The van der Waals surface area contributed by atoms with Crippen molar-refractivity contribution >= 4 is 0 Å². The maximum absolute atomic E-state index is 2.38. The molecule has 0 heterocycles. The molecule has 0 nitrogen and oxygen atoms in total. The smallest absolute Gasteiger partial charge is 0.0187 e. The van der Waals surface area contributed by atoms with Crippen LogP contribution in [0.15, 0.2) is 0 Å². The Balaban J connectivity index is 1.64. The van der Waals surface area contributed by atoms with E-state index in [1.165, 1.54) is 17.8 Å². The molecule has 5 saturated carbocycles. The first-order chi connectivity index (χ1) is 4.74. The maximum Gasteiger partial charge on any atom is -0.0187 e. The van der Waals surface area contributed by atoms with Crippen molar-refractivity contribution in [2.45, 2.75) is 26.7 Å². The third kappa shape index (κ3) is 0.202. The molecule has 5 fully saturated rings. The summed E-state index contributed by atoms with van der Waals surface area (Å²) >= 11 is 0. The lowest BCUT2D eigenvalue weighted by atomic mass is 9.65. The maximum atomic E-state index is 2.38. The molecule has 0 aromatic carbocycles. The zero-order chi connectivity index (χ0) is 6.72. The fraction of sp³-hybridized carbons (Fsp3) is 1.00. The fourth-order valence-corrected chi connectivity index (χ4v) is 4.84. The van der Waals surface area contributed by atoms with Crippen molar-refractivity contribution in [3.8, 4) is 0 Å². The molecule has 2 bridgehead atoms. The summed E-state index contributed by atoms with van der Waals surface area (Å²) in [5, 5.41) is 0. The van der Waals surface area contributed by atoms with Gasteiger partial charge in [0.05, 0.1) is 0 Å². The lowest BCUT2D eigenvalue weighted by Crippen LogP contribution is -2.35. The van der Waals surface area contributed by atoms with Gasteiger partial charge < -0.3 is 0 Å². The highest BCUT2D eigenvalue weighted by Crippen LogP contribution is 3.17. The predicted molar refractivity (Wildman–Crippen MR) is 39.4 cm³/mol. The Hall–Kier alpha value is 0. The Morgan fingerprint density at radius 2 is 2.10 bits per heavy atom. The van der Waals surface area contributed by atoms with E-state index in [1.807, 2.05) is 0 Å². The van der Waals surface area contributed by atoms with Gasteiger partial charge in [-0.3, -0.25) is 0 Å². The molecule has 54 valence electrons. The third-order valence-electron chi connectivity index (χ3n) is 4.89. The minimum Gasteiger partial charge on any atom is -0.0628 e. The largest absolute Gasteiger partial charge is 0.0628 e. The second-order valence-electron chi connectivity index (χ2n) is 5.53. The minimum absolute atomic E-state index is 0.964. The molecule has 5 aliphatic rings. The topological polar surface area (TPSA) is 0 Å². The van der Waals surface area contributed by atoms with Crippen LogP contribution in [-0.2, 0) is 0 Å². The van der Waals surface area contributed by atoms with Crippen molar-refractivity contribution in [3.05, 3.63) is 0 Å². The Morgan fingerprint density at radius 1 is 1.40 bits per heavy atom. The van der Waals surface area contributed by atoms with E-state index in [4.69, 9.17) is 0 Å². The second-order valence-corrected chi connectivity index (χ2v) is 5.53. The molecule has 3 atom stereocenters. The van der Waals surface area contributed by atoms with Gasteiger partial charge in [0.15, 0.2) is 0 Å². The van der Waals surface area contributed by atoms with E-state index in [9.17, 15) is 0 Å². The van der Waals surface area contributed by atoms with Crippen LogP contribution in [0.1, 0.15) is 26.7 Å². The predicted octanol–water partition coefficient (Wildman–Crippen LogP) is 2.30. The summed E-state index contributed by atoms with van der Waals surface area (Å²) in [6, 6.07) is 0. The van der Waals surface area contributed by atoms with Crippen LogP contribution >= 0.6 is 0 Å². The molecular weight excluding hydrogens is 120 g/mol. The van der Waals surface area contributed by atoms with Gasteiger partial charge >= 0.3 is 0 Å². The molecule has 0 aromatic rings. The van der Waals surface area contributed by atoms with E-state index in [0.29, 0.717) is 0 Å². The molecule has 0 saturated heterocycles. The van der Waals surface area contributed by atoms with Crippen LogP contribution in [0.4, 0.5) is 0 Å². The van der Waals surface area contributed by atoms with Crippen molar-refractivity contribution in [1.82, 2.24) is 0 Å². The van der Waals surface area contributed by atoms with Crippen molar-refractivity contribution < 1.29 is 0 Å². The third-order valence-corrected chi connectivity index (χ3v) is 4.89. The molecule has 5 aliphatic carbocycles. The van der Waals surface area contributed by atoms with Gasteiger partial charge in [-0.25, -0.2) is 0 Å². The highest BCUT2D eigenvalue weighted by Gasteiger charge is 3.13. The first kappa shape index (κ1) is 4.79. The van der Waals surface area contributed by atoms with E-state index in [0.717, 1.165) is 16.7 Å². The van der Waals surface area contributed by atoms with Crippen molar-refractivity contribution in [1.29, 1.82) is 0 Å². The summed E-state index contributed by atoms with van der Waals surface area (Å²) < 4.78 is 0. The molecular formula is C10H14. The zero-order valence-electron chi connectivity index (χ0n) is 6.72. The summed E-state index contributed by atoms with van der Waals surface area (Å²) in [4.78, 5) is 0. The highest BCUT2D eigenvalue weighted by atomic mass is 15.2. The molecule has 3 unspecified atom stereocenters. The fourth-order valence-electron chi connectivity index (χ4n) is 4.84. The molecule has 0 heteroatoms. The standard InChI is InChI=1S/C10H14/c1-5(2)3-9-6-4-10(6)7(9)8(9)10/h5-8H,3-4H2,1-2H3. The van der Waals surface area contributed by atoms with Gasteiger partial charge in [0.1, 0.15) is 0 Å². The Bertz CT molecular complexity index is 215. The second kappa shape index (κ2) is 0.852. The highest BCUT2D eigenvalue weighted by molar-refractivity contribution is 5.59. The van der Waals surface area contributed by atoms with Gasteiger partial charge in [-0.2, -0.15) is 0 Å². The lowest BCUT2D eigenvalue weighted by molar-refractivity contribution is 0.0759. The SMILES string of the molecule is CC(C)CC12C3CC34C1C24. The van der Waals surface area contributed by atoms with E-state index in [2.05, 4.69) is 13.8 Å². The van der Waals surface area contributed by atoms with Crippen LogP contribution in [0.5, 0.6) is 0 Å².